The first kappa shape index (κ1) is 16.4. The fourth-order valence-corrected chi connectivity index (χ4v) is 4.47. The smallest absolute Gasteiger partial charge is 0.210 e. The van der Waals surface area contributed by atoms with Gasteiger partial charge in [0, 0.05) is 0 Å². The predicted molar refractivity (Wildman–Crippen MR) is 85.4 cm³/mol. The average Bonchev–Trinajstić information content (AvgIpc) is 2.41. The summed E-state index contributed by atoms with van der Waals surface area (Å²) in [6.07, 6.45) is 0. The Balaban J connectivity index is 2.83. The lowest BCUT2D eigenvalue weighted by atomic mass is 10.0. The second-order valence-corrected chi connectivity index (χ2v) is 7.48. The van der Waals surface area contributed by atoms with Gasteiger partial charge in [-0.05, 0) is 80.6 Å². The first-order valence-electron chi connectivity index (χ1n) is 6.93. The molecular weight excluding hydrogens is 300 g/mol. The molecule has 0 saturated heterocycles. The lowest BCUT2D eigenvalue weighted by Gasteiger charge is -2.16. The molecule has 0 radical (unpaired) electrons. The fraction of sp³-hybridized carbons (Fsp3) is 0.294. The zero-order valence-electron chi connectivity index (χ0n) is 13.4. The van der Waals surface area contributed by atoms with E-state index >= 15 is 0 Å². The number of hydrogen-bond donors (Lipinski definition) is 2. The van der Waals surface area contributed by atoms with Crippen LogP contribution in [-0.4, -0.2) is 18.6 Å². The largest absolute Gasteiger partial charge is 0.508 e. The van der Waals surface area contributed by atoms with Crippen molar-refractivity contribution < 1.29 is 18.6 Å². The highest BCUT2D eigenvalue weighted by molar-refractivity contribution is 7.91. The van der Waals surface area contributed by atoms with Crippen molar-refractivity contribution in [3.63, 3.8) is 0 Å². The highest BCUT2D eigenvalue weighted by Gasteiger charge is 2.27. The van der Waals surface area contributed by atoms with Gasteiger partial charge in [-0.2, -0.15) is 0 Å². The highest BCUT2D eigenvalue weighted by atomic mass is 32.2. The molecule has 0 spiro atoms. The normalized spacial score (nSPS) is 11.7. The summed E-state index contributed by atoms with van der Waals surface area (Å²) in [7, 11) is -3.87. The number of sulfone groups is 1. The summed E-state index contributed by atoms with van der Waals surface area (Å²) >= 11 is 0. The summed E-state index contributed by atoms with van der Waals surface area (Å²) < 4.78 is 26.0. The van der Waals surface area contributed by atoms with E-state index in [2.05, 4.69) is 0 Å². The summed E-state index contributed by atoms with van der Waals surface area (Å²) in [6.45, 7) is 8.66. The Morgan fingerprint density at radius 1 is 0.773 bits per heavy atom. The zero-order chi connectivity index (χ0) is 16.8. The molecule has 22 heavy (non-hydrogen) atoms. The van der Waals surface area contributed by atoms with Gasteiger partial charge in [-0.15, -0.1) is 0 Å². The van der Waals surface area contributed by atoms with E-state index in [-0.39, 0.29) is 21.3 Å². The van der Waals surface area contributed by atoms with Crippen LogP contribution >= 0.6 is 0 Å². The second-order valence-electron chi connectivity index (χ2n) is 5.63. The monoisotopic (exact) mass is 320 g/mol. The molecule has 0 saturated carbocycles. The van der Waals surface area contributed by atoms with Crippen LogP contribution in [-0.2, 0) is 9.84 Å². The van der Waals surface area contributed by atoms with E-state index < -0.39 is 9.84 Å². The van der Waals surface area contributed by atoms with Crippen molar-refractivity contribution in [1.82, 2.24) is 0 Å². The van der Waals surface area contributed by atoms with Gasteiger partial charge < -0.3 is 10.2 Å². The second kappa shape index (κ2) is 5.32. The molecule has 0 aliphatic rings. The molecule has 2 aromatic rings. The van der Waals surface area contributed by atoms with E-state index in [9.17, 15) is 18.6 Å². The van der Waals surface area contributed by atoms with E-state index in [4.69, 9.17) is 0 Å². The number of phenolic OH excluding ortho intramolecular Hbond substituents is 2. The molecule has 0 fully saturated rings. The maximum Gasteiger partial charge on any atom is 0.210 e. The van der Waals surface area contributed by atoms with E-state index in [1.54, 1.807) is 20.8 Å². The van der Waals surface area contributed by atoms with Gasteiger partial charge in [0.25, 0.3) is 0 Å². The van der Waals surface area contributed by atoms with E-state index in [0.717, 1.165) is 11.1 Å². The quantitative estimate of drug-likeness (QED) is 0.888. The van der Waals surface area contributed by atoms with Gasteiger partial charge in [0.15, 0.2) is 0 Å². The van der Waals surface area contributed by atoms with Crippen molar-refractivity contribution >= 4 is 9.84 Å². The Bertz CT molecular complexity index is 865. The van der Waals surface area contributed by atoms with Crippen LogP contribution in [0.2, 0.25) is 0 Å². The molecule has 0 bridgehead atoms. The summed E-state index contributed by atoms with van der Waals surface area (Å²) in [5.74, 6) is -0.191. The van der Waals surface area contributed by atoms with E-state index in [1.165, 1.54) is 18.2 Å². The maximum absolute atomic E-state index is 13.0. The SMILES string of the molecule is Cc1cc(O)c(S(=O)(=O)c2ccc(O)c(C)c2C)c(C)c1C. The molecule has 0 amide bonds. The van der Waals surface area contributed by atoms with Crippen molar-refractivity contribution in [2.75, 3.05) is 0 Å². The summed E-state index contributed by atoms with van der Waals surface area (Å²) in [5, 5.41) is 19.9. The topological polar surface area (TPSA) is 74.6 Å². The number of aromatic hydroxyl groups is 2. The van der Waals surface area contributed by atoms with E-state index in [1.807, 2.05) is 13.8 Å². The number of phenols is 2. The average molecular weight is 320 g/mol. The van der Waals surface area contributed by atoms with Crippen LogP contribution in [0.3, 0.4) is 0 Å². The molecule has 2 aromatic carbocycles. The van der Waals surface area contributed by atoms with Gasteiger partial charge in [-0.3, -0.25) is 0 Å². The predicted octanol–water partition coefficient (Wildman–Crippen LogP) is 3.47. The van der Waals surface area contributed by atoms with Crippen molar-refractivity contribution in [1.29, 1.82) is 0 Å². The molecule has 5 heteroatoms. The van der Waals surface area contributed by atoms with Crippen LogP contribution in [0, 0.1) is 34.6 Å². The lowest BCUT2D eigenvalue weighted by molar-refractivity contribution is 0.456. The molecule has 0 heterocycles. The fourth-order valence-electron chi connectivity index (χ4n) is 2.56. The minimum atomic E-state index is -3.87. The highest BCUT2D eigenvalue weighted by Crippen LogP contribution is 2.37. The van der Waals surface area contributed by atoms with Crippen LogP contribution in [0.15, 0.2) is 28.0 Å². The molecule has 0 aliphatic carbocycles. The maximum atomic E-state index is 13.0. The first-order valence-corrected chi connectivity index (χ1v) is 8.41. The third-order valence-electron chi connectivity index (χ3n) is 4.35. The molecule has 118 valence electrons. The third kappa shape index (κ3) is 2.35. The molecule has 0 aliphatic heterocycles. The Hall–Kier alpha value is -2.01. The van der Waals surface area contributed by atoms with Gasteiger partial charge >= 0.3 is 0 Å². The summed E-state index contributed by atoms with van der Waals surface area (Å²) in [4.78, 5) is 0.0354. The lowest BCUT2D eigenvalue weighted by Crippen LogP contribution is -2.09. The van der Waals surface area contributed by atoms with Crippen molar-refractivity contribution in [3.8, 4) is 11.5 Å². The van der Waals surface area contributed by atoms with Gasteiger partial charge in [-0.1, -0.05) is 0 Å². The minimum Gasteiger partial charge on any atom is -0.508 e. The van der Waals surface area contributed by atoms with Crippen LogP contribution in [0.4, 0.5) is 0 Å². The van der Waals surface area contributed by atoms with Crippen molar-refractivity contribution in [2.24, 2.45) is 0 Å². The van der Waals surface area contributed by atoms with E-state index in [0.29, 0.717) is 16.7 Å². The molecule has 2 N–H and O–H groups in total. The molecule has 0 unspecified atom stereocenters. The number of aryl methyl sites for hydroxylation is 1. The van der Waals surface area contributed by atoms with Gasteiger partial charge in [0.05, 0.1) is 4.90 Å². The Morgan fingerprint density at radius 2 is 1.36 bits per heavy atom. The molecule has 0 atom stereocenters. The minimum absolute atomic E-state index is 0.0532. The Morgan fingerprint density at radius 3 is 1.95 bits per heavy atom. The van der Waals surface area contributed by atoms with Crippen LogP contribution < -0.4 is 0 Å². The van der Waals surface area contributed by atoms with Crippen LogP contribution in [0.25, 0.3) is 0 Å². The van der Waals surface area contributed by atoms with Gasteiger partial charge in [0.2, 0.25) is 9.84 Å². The molecular formula is C17H20O4S. The molecule has 4 nitrogen and oxygen atoms in total. The Kier molecular flexibility index (Phi) is 3.96. The van der Waals surface area contributed by atoms with Gasteiger partial charge in [0.1, 0.15) is 16.4 Å². The summed E-state index contributed by atoms with van der Waals surface area (Å²) in [6, 6.07) is 4.21. The zero-order valence-corrected chi connectivity index (χ0v) is 14.2. The number of benzene rings is 2. The molecule has 0 aromatic heterocycles. The number of rotatable bonds is 2. The van der Waals surface area contributed by atoms with Crippen LogP contribution in [0.5, 0.6) is 11.5 Å². The number of hydrogen-bond acceptors (Lipinski definition) is 4. The van der Waals surface area contributed by atoms with Crippen molar-refractivity contribution in [2.45, 2.75) is 44.4 Å². The van der Waals surface area contributed by atoms with Crippen LogP contribution in [0.1, 0.15) is 27.8 Å². The Labute approximate surface area is 131 Å². The third-order valence-corrected chi connectivity index (χ3v) is 6.42. The summed E-state index contributed by atoms with van der Waals surface area (Å²) in [5.41, 5.74) is 3.22. The van der Waals surface area contributed by atoms with Gasteiger partial charge in [-0.25, -0.2) is 8.42 Å². The standard InChI is InChI=1S/C17H20O4S/c1-9-8-15(19)17(13(5)10(9)2)22(20,21)16-7-6-14(18)11(3)12(16)4/h6-8,18-19H,1-5H3. The first-order chi connectivity index (χ1) is 10.1. The molecule has 2 rings (SSSR count). The van der Waals surface area contributed by atoms with Crippen molar-refractivity contribution in [3.05, 3.63) is 46.0 Å².